The second-order valence-corrected chi connectivity index (χ2v) is 8.20. The van der Waals surface area contributed by atoms with Crippen LogP contribution in [0.15, 0.2) is 18.2 Å². The number of anilines is 2. The Kier molecular flexibility index (Phi) is 8.08. The summed E-state index contributed by atoms with van der Waals surface area (Å²) in [7, 11) is 0. The summed E-state index contributed by atoms with van der Waals surface area (Å²) >= 11 is 0. The van der Waals surface area contributed by atoms with Crippen molar-refractivity contribution in [3.63, 3.8) is 0 Å². The Morgan fingerprint density at radius 1 is 1.07 bits per heavy atom. The fourth-order valence-electron chi connectivity index (χ4n) is 5.14. The number of rotatable bonds is 9. The van der Waals surface area contributed by atoms with Crippen LogP contribution in [-0.4, -0.2) is 75.4 Å². The summed E-state index contributed by atoms with van der Waals surface area (Å²) in [6.45, 7) is 7.06. The molecule has 2 aliphatic rings. The average molecular weight is 408 g/mol. The monoisotopic (exact) mass is 407 g/mol. The van der Waals surface area contributed by atoms with Crippen molar-refractivity contribution in [2.45, 2.75) is 37.3 Å². The first-order chi connectivity index (χ1) is 14.1. The minimum atomic E-state index is -0.172. The topological polar surface area (TPSA) is 109 Å². The highest BCUT2D eigenvalue weighted by Gasteiger charge is 2.44. The van der Waals surface area contributed by atoms with Gasteiger partial charge in [0.05, 0.1) is 5.69 Å². The largest absolute Gasteiger partial charge is 0.380 e. The molecule has 1 unspecified atom stereocenters. The van der Waals surface area contributed by atoms with Crippen molar-refractivity contribution in [2.75, 3.05) is 69.1 Å². The molecule has 0 saturated carbocycles. The molecule has 2 fully saturated rings. The van der Waals surface area contributed by atoms with Crippen LogP contribution in [0.3, 0.4) is 0 Å². The van der Waals surface area contributed by atoms with Gasteiger partial charge in [0.1, 0.15) is 5.82 Å². The molecule has 0 aliphatic carbocycles. The highest BCUT2D eigenvalue weighted by Crippen LogP contribution is 2.36. The summed E-state index contributed by atoms with van der Waals surface area (Å²) in [6.07, 6.45) is 3.80. The first-order valence-electron chi connectivity index (χ1n) is 11.0. The van der Waals surface area contributed by atoms with E-state index >= 15 is 0 Å². The lowest BCUT2D eigenvalue weighted by atomic mass is 9.76. The first-order valence-corrected chi connectivity index (χ1v) is 11.0. The number of nitrogens with two attached hydrogens (primary N) is 3. The molecular formula is C21H38FN7. The third-order valence-electron chi connectivity index (χ3n) is 6.50. The molecule has 8 heteroatoms. The number of nitrogens with one attached hydrogen (secondary N) is 2. The third-order valence-corrected chi connectivity index (χ3v) is 6.50. The lowest BCUT2D eigenvalue weighted by Crippen LogP contribution is -2.64. The van der Waals surface area contributed by atoms with E-state index in [-0.39, 0.29) is 17.4 Å². The van der Waals surface area contributed by atoms with Gasteiger partial charge in [-0.1, -0.05) is 0 Å². The van der Waals surface area contributed by atoms with Gasteiger partial charge in [-0.15, -0.1) is 0 Å². The van der Waals surface area contributed by atoms with Gasteiger partial charge < -0.3 is 32.7 Å². The van der Waals surface area contributed by atoms with Crippen LogP contribution >= 0.6 is 0 Å². The molecule has 8 N–H and O–H groups in total. The zero-order chi connectivity index (χ0) is 20.7. The number of hydrogen-bond acceptors (Lipinski definition) is 7. The Labute approximate surface area is 174 Å². The lowest BCUT2D eigenvalue weighted by molar-refractivity contribution is 0.0262. The van der Waals surface area contributed by atoms with Crippen molar-refractivity contribution in [1.29, 1.82) is 0 Å². The maximum atomic E-state index is 14.9. The van der Waals surface area contributed by atoms with Gasteiger partial charge in [0.15, 0.2) is 0 Å². The molecule has 0 bridgehead atoms. The van der Waals surface area contributed by atoms with E-state index in [1.807, 2.05) is 12.1 Å². The molecule has 1 aromatic rings. The Balaban J connectivity index is 1.81. The van der Waals surface area contributed by atoms with Crippen LogP contribution in [-0.2, 0) is 0 Å². The molecule has 29 heavy (non-hydrogen) atoms. The molecule has 0 amide bonds. The quantitative estimate of drug-likeness (QED) is 0.406. The smallest absolute Gasteiger partial charge is 0.148 e. The minimum Gasteiger partial charge on any atom is -0.380 e. The number of piperidine rings is 1. The molecule has 2 aliphatic heterocycles. The summed E-state index contributed by atoms with van der Waals surface area (Å²) < 4.78 is 14.9. The molecule has 7 nitrogen and oxygen atoms in total. The summed E-state index contributed by atoms with van der Waals surface area (Å²) in [6, 6.07) is 5.70. The maximum Gasteiger partial charge on any atom is 0.148 e. The number of nitrogens with zero attached hydrogens (tertiary/aromatic N) is 2. The second kappa shape index (κ2) is 10.5. The van der Waals surface area contributed by atoms with Crippen LogP contribution in [0.1, 0.15) is 25.7 Å². The highest BCUT2D eigenvalue weighted by molar-refractivity contribution is 5.57. The predicted octanol–water partition coefficient (Wildman–Crippen LogP) is 0.507. The molecule has 2 heterocycles. The van der Waals surface area contributed by atoms with Crippen molar-refractivity contribution in [3.05, 3.63) is 24.0 Å². The summed E-state index contributed by atoms with van der Waals surface area (Å²) in [5.74, 6) is -0.172. The predicted molar refractivity (Wildman–Crippen MR) is 119 cm³/mol. The van der Waals surface area contributed by atoms with Crippen LogP contribution in [0.2, 0.25) is 0 Å². The van der Waals surface area contributed by atoms with E-state index in [0.29, 0.717) is 25.3 Å². The molecule has 3 rings (SSSR count). The SMILES string of the molecule is NCCN1CCCC(Nc2ccc(N3CCNCC3)c(F)c2)C1(CCN)CCN. The van der Waals surface area contributed by atoms with Crippen LogP contribution in [0, 0.1) is 5.82 Å². The Morgan fingerprint density at radius 2 is 1.79 bits per heavy atom. The van der Waals surface area contributed by atoms with Crippen molar-refractivity contribution in [2.24, 2.45) is 17.2 Å². The summed E-state index contributed by atoms with van der Waals surface area (Å²) in [5, 5.41) is 6.94. The fourth-order valence-corrected chi connectivity index (χ4v) is 5.14. The summed E-state index contributed by atoms with van der Waals surface area (Å²) in [5.41, 5.74) is 19.3. The Morgan fingerprint density at radius 3 is 2.41 bits per heavy atom. The van der Waals surface area contributed by atoms with Crippen LogP contribution in [0.4, 0.5) is 15.8 Å². The van der Waals surface area contributed by atoms with E-state index in [0.717, 1.165) is 70.6 Å². The van der Waals surface area contributed by atoms with Crippen LogP contribution in [0.25, 0.3) is 0 Å². The van der Waals surface area contributed by atoms with E-state index in [9.17, 15) is 4.39 Å². The fraction of sp³-hybridized carbons (Fsp3) is 0.714. The third kappa shape index (κ3) is 5.00. The number of piperazine rings is 1. The lowest BCUT2D eigenvalue weighted by Gasteiger charge is -2.53. The van der Waals surface area contributed by atoms with Gasteiger partial charge >= 0.3 is 0 Å². The molecular weight excluding hydrogens is 369 g/mol. The van der Waals surface area contributed by atoms with Gasteiger partial charge in [-0.05, 0) is 63.5 Å². The molecule has 164 valence electrons. The van der Waals surface area contributed by atoms with Gasteiger partial charge in [-0.25, -0.2) is 4.39 Å². The Bertz CT molecular complexity index is 627. The van der Waals surface area contributed by atoms with Gasteiger partial charge in [0, 0.05) is 56.5 Å². The number of halogens is 1. The summed E-state index contributed by atoms with van der Waals surface area (Å²) in [4.78, 5) is 4.56. The normalized spacial score (nSPS) is 22.6. The maximum absolute atomic E-state index is 14.9. The van der Waals surface area contributed by atoms with E-state index < -0.39 is 0 Å². The van der Waals surface area contributed by atoms with E-state index in [1.54, 1.807) is 6.07 Å². The standard InChI is InChI=1S/C21H38FN7/c22-18-16-17(3-4-19(18)28-14-10-26-11-15-28)27-20-2-1-12-29(13-9-25)21(20,5-7-23)6-8-24/h3-4,16,20,26-27H,1-2,5-15,23-25H2. The van der Waals surface area contributed by atoms with Crippen LogP contribution in [0.5, 0.6) is 0 Å². The van der Waals surface area contributed by atoms with Crippen molar-refractivity contribution >= 4 is 11.4 Å². The molecule has 1 aromatic carbocycles. The molecule has 0 radical (unpaired) electrons. The molecule has 0 spiro atoms. The Hall–Kier alpha value is -1.45. The highest BCUT2D eigenvalue weighted by atomic mass is 19.1. The molecule has 2 saturated heterocycles. The van der Waals surface area contributed by atoms with Gasteiger partial charge in [0.25, 0.3) is 0 Å². The first kappa shape index (κ1) is 22.2. The van der Waals surface area contributed by atoms with Crippen molar-refractivity contribution in [1.82, 2.24) is 10.2 Å². The van der Waals surface area contributed by atoms with Gasteiger partial charge in [0.2, 0.25) is 0 Å². The van der Waals surface area contributed by atoms with E-state index in [1.165, 1.54) is 0 Å². The average Bonchev–Trinajstić information content (AvgIpc) is 2.72. The minimum absolute atomic E-state index is 0.144. The zero-order valence-corrected chi connectivity index (χ0v) is 17.5. The van der Waals surface area contributed by atoms with Crippen molar-refractivity contribution < 1.29 is 4.39 Å². The van der Waals surface area contributed by atoms with Crippen molar-refractivity contribution in [3.8, 4) is 0 Å². The zero-order valence-electron chi connectivity index (χ0n) is 17.5. The van der Waals surface area contributed by atoms with E-state index in [4.69, 9.17) is 17.2 Å². The van der Waals surface area contributed by atoms with Gasteiger partial charge in [-0.2, -0.15) is 0 Å². The molecule has 1 atom stereocenters. The number of benzene rings is 1. The second-order valence-electron chi connectivity index (χ2n) is 8.20. The molecule has 0 aromatic heterocycles. The van der Waals surface area contributed by atoms with Crippen LogP contribution < -0.4 is 32.7 Å². The number of hydrogen-bond donors (Lipinski definition) is 5. The number of likely N-dealkylation sites (tertiary alicyclic amines) is 1. The van der Waals surface area contributed by atoms with E-state index in [2.05, 4.69) is 20.4 Å². The van der Waals surface area contributed by atoms with Gasteiger partial charge in [-0.3, -0.25) is 4.90 Å².